The molecule has 2 fully saturated rings. The second kappa shape index (κ2) is 3.61. The minimum absolute atomic E-state index is 0.946. The summed E-state index contributed by atoms with van der Waals surface area (Å²) in [6, 6.07) is 0. The molecule has 0 aromatic heterocycles. The van der Waals surface area contributed by atoms with E-state index in [0.717, 1.165) is 15.7 Å². The van der Waals surface area contributed by atoms with Gasteiger partial charge in [-0.15, -0.1) is 0 Å². The first-order valence-electron chi connectivity index (χ1n) is 4.63. The van der Waals surface area contributed by atoms with Crippen molar-refractivity contribution in [1.29, 1.82) is 0 Å². The van der Waals surface area contributed by atoms with Gasteiger partial charge in [-0.2, -0.15) is 23.5 Å². The topological polar surface area (TPSA) is 0 Å². The predicted molar refractivity (Wildman–Crippen MR) is 55.6 cm³/mol. The Labute approximate surface area is 77.9 Å². The Bertz CT molecular complexity index is 130. The molecule has 0 aliphatic carbocycles. The van der Waals surface area contributed by atoms with Gasteiger partial charge in [0, 0.05) is 15.7 Å². The summed E-state index contributed by atoms with van der Waals surface area (Å²) in [6.45, 7) is 2.38. The number of hydrogen-bond donors (Lipinski definition) is 0. The summed E-state index contributed by atoms with van der Waals surface area (Å²) in [5.74, 6) is 1.43. The molecule has 3 unspecified atom stereocenters. The van der Waals surface area contributed by atoms with Crippen LogP contribution in [0.4, 0.5) is 0 Å². The van der Waals surface area contributed by atoms with Crippen molar-refractivity contribution >= 4 is 23.5 Å². The van der Waals surface area contributed by atoms with Gasteiger partial charge in [0.05, 0.1) is 0 Å². The van der Waals surface area contributed by atoms with E-state index < -0.39 is 0 Å². The van der Waals surface area contributed by atoms with Gasteiger partial charge in [0.25, 0.3) is 0 Å². The molecule has 0 nitrogen and oxygen atoms in total. The first-order valence-corrected chi connectivity index (χ1v) is 6.62. The SMILES string of the molecule is CC1CCC(C2CCCS2)S1. The predicted octanol–water partition coefficient (Wildman–Crippen LogP) is 3.17. The lowest BCUT2D eigenvalue weighted by atomic mass is 10.1. The fourth-order valence-corrected chi connectivity index (χ4v) is 5.20. The van der Waals surface area contributed by atoms with Gasteiger partial charge in [0.2, 0.25) is 0 Å². The third-order valence-electron chi connectivity index (χ3n) is 2.64. The zero-order valence-corrected chi connectivity index (χ0v) is 8.72. The summed E-state index contributed by atoms with van der Waals surface area (Å²) < 4.78 is 0. The van der Waals surface area contributed by atoms with Gasteiger partial charge in [-0.1, -0.05) is 6.92 Å². The van der Waals surface area contributed by atoms with Crippen molar-refractivity contribution in [2.45, 2.75) is 48.4 Å². The highest BCUT2D eigenvalue weighted by atomic mass is 32.2. The average molecular weight is 188 g/mol. The van der Waals surface area contributed by atoms with Gasteiger partial charge in [-0.3, -0.25) is 0 Å². The van der Waals surface area contributed by atoms with E-state index in [1.165, 1.54) is 31.4 Å². The Kier molecular flexibility index (Phi) is 2.73. The Morgan fingerprint density at radius 3 is 2.55 bits per heavy atom. The van der Waals surface area contributed by atoms with E-state index in [1.54, 1.807) is 0 Å². The molecular formula is C9H16S2. The van der Waals surface area contributed by atoms with E-state index in [4.69, 9.17) is 0 Å². The Morgan fingerprint density at radius 2 is 2.00 bits per heavy atom. The van der Waals surface area contributed by atoms with Crippen LogP contribution in [-0.2, 0) is 0 Å². The molecule has 11 heavy (non-hydrogen) atoms. The van der Waals surface area contributed by atoms with Crippen LogP contribution in [0.15, 0.2) is 0 Å². The van der Waals surface area contributed by atoms with E-state index in [-0.39, 0.29) is 0 Å². The molecule has 0 amide bonds. The summed E-state index contributed by atoms with van der Waals surface area (Å²) in [5.41, 5.74) is 0. The second-order valence-electron chi connectivity index (χ2n) is 3.61. The third-order valence-corrected chi connectivity index (χ3v) is 5.95. The highest BCUT2D eigenvalue weighted by molar-refractivity contribution is 8.04. The lowest BCUT2D eigenvalue weighted by Crippen LogP contribution is -2.13. The van der Waals surface area contributed by atoms with Crippen LogP contribution in [0.5, 0.6) is 0 Å². The van der Waals surface area contributed by atoms with Crippen LogP contribution >= 0.6 is 23.5 Å². The molecule has 2 heterocycles. The van der Waals surface area contributed by atoms with Gasteiger partial charge in [-0.05, 0) is 31.4 Å². The first-order chi connectivity index (χ1) is 5.36. The first kappa shape index (κ1) is 8.31. The molecule has 0 spiro atoms. The van der Waals surface area contributed by atoms with Crippen molar-refractivity contribution in [1.82, 2.24) is 0 Å². The Hall–Kier alpha value is 0.700. The van der Waals surface area contributed by atoms with Crippen LogP contribution in [0.2, 0.25) is 0 Å². The lowest BCUT2D eigenvalue weighted by Gasteiger charge is -2.15. The summed E-state index contributed by atoms with van der Waals surface area (Å²) in [6.07, 6.45) is 5.92. The highest BCUT2D eigenvalue weighted by Crippen LogP contribution is 2.43. The quantitative estimate of drug-likeness (QED) is 0.620. The molecule has 0 bridgehead atoms. The van der Waals surface area contributed by atoms with Gasteiger partial charge >= 0.3 is 0 Å². The van der Waals surface area contributed by atoms with Crippen LogP contribution in [0.1, 0.15) is 32.6 Å². The van der Waals surface area contributed by atoms with E-state index in [0.29, 0.717) is 0 Å². The molecule has 2 saturated heterocycles. The Balaban J connectivity index is 1.85. The van der Waals surface area contributed by atoms with Gasteiger partial charge < -0.3 is 0 Å². The maximum absolute atomic E-state index is 2.38. The summed E-state index contributed by atoms with van der Waals surface area (Å²) in [5, 5.41) is 2.98. The molecule has 0 radical (unpaired) electrons. The van der Waals surface area contributed by atoms with Crippen molar-refractivity contribution in [3.8, 4) is 0 Å². The second-order valence-corrected chi connectivity index (χ2v) is 6.64. The highest BCUT2D eigenvalue weighted by Gasteiger charge is 2.31. The average Bonchev–Trinajstić information content (AvgIpc) is 2.55. The molecule has 0 saturated carbocycles. The largest absolute Gasteiger partial charge is 0.157 e. The van der Waals surface area contributed by atoms with Crippen molar-refractivity contribution in [2.75, 3.05) is 5.75 Å². The van der Waals surface area contributed by atoms with E-state index in [1.807, 2.05) is 0 Å². The molecule has 0 aromatic rings. The molecule has 0 aromatic carbocycles. The number of rotatable bonds is 1. The Morgan fingerprint density at radius 1 is 1.09 bits per heavy atom. The standard InChI is InChI=1S/C9H16S2/c1-7-4-5-9(11-7)8-3-2-6-10-8/h7-9H,2-6H2,1H3. The zero-order valence-electron chi connectivity index (χ0n) is 7.08. The summed E-state index contributed by atoms with van der Waals surface area (Å²) in [7, 11) is 0. The molecule has 3 atom stereocenters. The fourth-order valence-electron chi connectivity index (χ4n) is 2.00. The van der Waals surface area contributed by atoms with Crippen LogP contribution < -0.4 is 0 Å². The lowest BCUT2D eigenvalue weighted by molar-refractivity contribution is 0.686. The monoisotopic (exact) mass is 188 g/mol. The van der Waals surface area contributed by atoms with Crippen molar-refractivity contribution in [3.05, 3.63) is 0 Å². The molecule has 64 valence electrons. The van der Waals surface area contributed by atoms with E-state index in [2.05, 4.69) is 30.4 Å². The van der Waals surface area contributed by atoms with Gasteiger partial charge in [0.1, 0.15) is 0 Å². The fraction of sp³-hybridized carbons (Fsp3) is 1.00. The van der Waals surface area contributed by atoms with Crippen molar-refractivity contribution < 1.29 is 0 Å². The number of thioether (sulfide) groups is 2. The van der Waals surface area contributed by atoms with Crippen LogP contribution in [0, 0.1) is 0 Å². The van der Waals surface area contributed by atoms with Crippen LogP contribution in [0.3, 0.4) is 0 Å². The smallest absolute Gasteiger partial charge is 0.0169 e. The zero-order chi connectivity index (χ0) is 7.68. The molecule has 2 rings (SSSR count). The normalized spacial score (nSPS) is 45.0. The van der Waals surface area contributed by atoms with E-state index >= 15 is 0 Å². The van der Waals surface area contributed by atoms with E-state index in [9.17, 15) is 0 Å². The van der Waals surface area contributed by atoms with Crippen molar-refractivity contribution in [2.24, 2.45) is 0 Å². The van der Waals surface area contributed by atoms with Crippen molar-refractivity contribution in [3.63, 3.8) is 0 Å². The van der Waals surface area contributed by atoms with Gasteiger partial charge in [0.15, 0.2) is 0 Å². The molecule has 2 heteroatoms. The van der Waals surface area contributed by atoms with Crippen LogP contribution in [0.25, 0.3) is 0 Å². The molecular weight excluding hydrogens is 172 g/mol. The summed E-state index contributed by atoms with van der Waals surface area (Å²) >= 11 is 4.46. The van der Waals surface area contributed by atoms with Crippen LogP contribution in [-0.4, -0.2) is 21.5 Å². The minimum atomic E-state index is 0.946. The van der Waals surface area contributed by atoms with Gasteiger partial charge in [-0.25, -0.2) is 0 Å². The maximum Gasteiger partial charge on any atom is 0.0169 e. The number of hydrogen-bond acceptors (Lipinski definition) is 2. The maximum atomic E-state index is 2.38. The summed E-state index contributed by atoms with van der Waals surface area (Å²) in [4.78, 5) is 0. The minimum Gasteiger partial charge on any atom is -0.157 e. The molecule has 2 aliphatic heterocycles. The third kappa shape index (κ3) is 1.89. The molecule has 2 aliphatic rings. The molecule has 0 N–H and O–H groups in total.